The fraction of sp³-hybridized carbons (Fsp3) is 0.606. The highest BCUT2D eigenvalue weighted by Gasteiger charge is 2.68. The maximum Gasteiger partial charge on any atom is 0.330 e. The number of aliphatic hydroxyl groups excluding tert-OH is 1. The van der Waals surface area contributed by atoms with Gasteiger partial charge in [-0.15, -0.1) is 0 Å². The van der Waals surface area contributed by atoms with Crippen molar-refractivity contribution in [1.29, 1.82) is 0 Å². The van der Waals surface area contributed by atoms with E-state index in [9.17, 15) is 39.3 Å². The molecule has 3 fully saturated rings. The van der Waals surface area contributed by atoms with Gasteiger partial charge < -0.3 is 25.4 Å². The molecule has 10 heteroatoms. The van der Waals surface area contributed by atoms with Crippen LogP contribution in [-0.4, -0.2) is 63.0 Å². The van der Waals surface area contributed by atoms with E-state index in [0.717, 1.165) is 18.4 Å². The summed E-state index contributed by atoms with van der Waals surface area (Å²) in [4.78, 5) is 62.0. The Hall–Kier alpha value is -3.37. The third kappa shape index (κ3) is 5.44. The minimum Gasteiger partial charge on any atom is -0.479 e. The van der Waals surface area contributed by atoms with Gasteiger partial charge in [0, 0.05) is 18.3 Å². The number of fused-ring (bicyclic) bond motifs is 5. The number of rotatable bonds is 9. The van der Waals surface area contributed by atoms with Crippen LogP contribution in [-0.2, 0) is 28.7 Å². The highest BCUT2D eigenvalue weighted by Crippen LogP contribution is 2.67. The minimum atomic E-state index is -1.77. The molecule has 232 valence electrons. The van der Waals surface area contributed by atoms with Crippen LogP contribution in [0, 0.1) is 28.6 Å². The predicted octanol–water partition coefficient (Wildman–Crippen LogP) is 3.05. The lowest BCUT2D eigenvalue weighted by Gasteiger charge is -2.60. The zero-order valence-electron chi connectivity index (χ0n) is 24.7. The molecular formula is C33H41NO9. The molecule has 0 spiro atoms. The number of carboxylic acids is 1. The van der Waals surface area contributed by atoms with Crippen molar-refractivity contribution in [1.82, 2.24) is 5.32 Å². The molecule has 0 aliphatic heterocycles. The molecule has 3 saturated carbocycles. The van der Waals surface area contributed by atoms with Crippen LogP contribution in [0.15, 0.2) is 42.0 Å². The zero-order valence-corrected chi connectivity index (χ0v) is 24.7. The van der Waals surface area contributed by atoms with E-state index in [2.05, 4.69) is 12.2 Å². The Bertz CT molecular complexity index is 1340. The number of carbonyl (C=O) groups is 5. The summed E-state index contributed by atoms with van der Waals surface area (Å²) in [6.45, 7) is 3.35. The summed E-state index contributed by atoms with van der Waals surface area (Å²) < 4.78 is 5.18. The van der Waals surface area contributed by atoms with Crippen LogP contribution >= 0.6 is 0 Å². The highest BCUT2D eigenvalue weighted by atomic mass is 16.5. The average molecular weight is 596 g/mol. The van der Waals surface area contributed by atoms with Crippen LogP contribution < -0.4 is 5.32 Å². The van der Waals surface area contributed by atoms with Crippen molar-refractivity contribution in [3.8, 4) is 0 Å². The third-order valence-corrected chi connectivity index (χ3v) is 11.1. The molecule has 1 amide bonds. The van der Waals surface area contributed by atoms with Crippen LogP contribution in [0.3, 0.4) is 0 Å². The number of Topliss-reactive ketones (excluding diaryl/α,β-unsaturated/α-hetero) is 1. The fourth-order valence-electron chi connectivity index (χ4n) is 8.87. The summed E-state index contributed by atoms with van der Waals surface area (Å²) in [5, 5.41) is 35.2. The van der Waals surface area contributed by atoms with Gasteiger partial charge in [-0.1, -0.05) is 49.8 Å². The van der Waals surface area contributed by atoms with Crippen molar-refractivity contribution in [3.63, 3.8) is 0 Å². The van der Waals surface area contributed by atoms with Crippen LogP contribution in [0.5, 0.6) is 0 Å². The SMILES string of the molecule is C[C@]12CCC(=O)C=C1CC[C@H]1[C@@H]2[C@@H](O)C[C@]2(C)[C@H]1CC[C@]2(O)C(=O)COC(=O)CCC(=O)N[C@@H](C(=O)O)c1ccccc1. The van der Waals surface area contributed by atoms with Gasteiger partial charge in [-0.25, -0.2) is 4.79 Å². The molecule has 10 nitrogen and oxygen atoms in total. The number of esters is 1. The monoisotopic (exact) mass is 595 g/mol. The summed E-state index contributed by atoms with van der Waals surface area (Å²) in [6, 6.07) is 6.91. The van der Waals surface area contributed by atoms with Gasteiger partial charge in [0.05, 0.1) is 12.5 Å². The first-order valence-corrected chi connectivity index (χ1v) is 15.2. The molecule has 0 radical (unpaired) electrons. The van der Waals surface area contributed by atoms with E-state index >= 15 is 0 Å². The van der Waals surface area contributed by atoms with Gasteiger partial charge in [-0.3, -0.25) is 19.2 Å². The van der Waals surface area contributed by atoms with Crippen molar-refractivity contribution in [2.24, 2.45) is 28.6 Å². The summed E-state index contributed by atoms with van der Waals surface area (Å²) in [5.41, 5.74) is -1.46. The molecular weight excluding hydrogens is 554 g/mol. The predicted molar refractivity (Wildman–Crippen MR) is 153 cm³/mol. The number of carboxylic acid groups (broad SMARTS) is 1. The first-order chi connectivity index (χ1) is 20.3. The Labute approximate surface area is 250 Å². The smallest absolute Gasteiger partial charge is 0.330 e. The Balaban J connectivity index is 1.18. The number of nitrogens with one attached hydrogen (secondary N) is 1. The van der Waals surface area contributed by atoms with E-state index in [1.807, 2.05) is 6.92 Å². The first-order valence-electron chi connectivity index (χ1n) is 15.2. The molecule has 4 aliphatic carbocycles. The van der Waals surface area contributed by atoms with Gasteiger partial charge in [0.2, 0.25) is 11.7 Å². The van der Waals surface area contributed by atoms with Gasteiger partial charge in [0.25, 0.3) is 0 Å². The lowest BCUT2D eigenvalue weighted by molar-refractivity contribution is -0.184. The van der Waals surface area contributed by atoms with E-state index in [1.54, 1.807) is 36.4 Å². The molecule has 0 heterocycles. The molecule has 0 bridgehead atoms. The third-order valence-electron chi connectivity index (χ3n) is 11.1. The number of benzene rings is 1. The van der Waals surface area contributed by atoms with Crippen molar-refractivity contribution < 1.29 is 44.0 Å². The number of ketones is 2. The summed E-state index contributed by atoms with van der Waals surface area (Å²) in [5.74, 6) is -3.16. The van der Waals surface area contributed by atoms with Gasteiger partial charge in [-0.2, -0.15) is 0 Å². The van der Waals surface area contributed by atoms with Gasteiger partial charge >= 0.3 is 11.9 Å². The van der Waals surface area contributed by atoms with Crippen LogP contribution in [0.2, 0.25) is 0 Å². The number of ether oxygens (including phenoxy) is 1. The molecule has 5 rings (SSSR count). The molecule has 43 heavy (non-hydrogen) atoms. The lowest BCUT2D eigenvalue weighted by Crippen LogP contribution is -2.62. The van der Waals surface area contributed by atoms with E-state index in [1.165, 1.54) is 0 Å². The lowest BCUT2D eigenvalue weighted by atomic mass is 9.45. The second kappa shape index (κ2) is 11.6. The van der Waals surface area contributed by atoms with Crippen molar-refractivity contribution in [3.05, 3.63) is 47.5 Å². The number of hydrogen-bond donors (Lipinski definition) is 4. The van der Waals surface area contributed by atoms with Crippen LogP contribution in [0.1, 0.15) is 83.2 Å². The van der Waals surface area contributed by atoms with Crippen molar-refractivity contribution in [2.75, 3.05) is 6.61 Å². The maximum absolute atomic E-state index is 13.4. The quantitative estimate of drug-likeness (QED) is 0.314. The first kappa shape index (κ1) is 31.1. The van der Waals surface area contributed by atoms with E-state index < -0.39 is 53.4 Å². The average Bonchev–Trinajstić information content (AvgIpc) is 3.24. The molecule has 1 aromatic carbocycles. The number of aliphatic carboxylic acids is 1. The van der Waals surface area contributed by atoms with Crippen molar-refractivity contribution >= 4 is 29.4 Å². The Morgan fingerprint density at radius 1 is 1.05 bits per heavy atom. The topological polar surface area (TPSA) is 167 Å². The molecule has 0 aromatic heterocycles. The van der Waals surface area contributed by atoms with Crippen LogP contribution in [0.25, 0.3) is 0 Å². The molecule has 4 aliphatic rings. The number of amides is 1. The second-order valence-electron chi connectivity index (χ2n) is 13.3. The normalized spacial score (nSPS) is 35.4. The molecule has 0 saturated heterocycles. The van der Waals surface area contributed by atoms with Gasteiger partial charge in [0.1, 0.15) is 5.60 Å². The molecule has 8 atom stereocenters. The molecule has 0 unspecified atom stereocenters. The second-order valence-corrected chi connectivity index (χ2v) is 13.3. The maximum atomic E-state index is 13.4. The number of carbonyl (C=O) groups excluding carboxylic acids is 4. The van der Waals surface area contributed by atoms with Gasteiger partial charge in [0.15, 0.2) is 18.4 Å². The number of allylic oxidation sites excluding steroid dienone is 1. The van der Waals surface area contributed by atoms with E-state index in [-0.39, 0.29) is 54.6 Å². The Morgan fingerprint density at radius 3 is 2.47 bits per heavy atom. The summed E-state index contributed by atoms with van der Waals surface area (Å²) in [6.07, 6.45) is 4.07. The Morgan fingerprint density at radius 2 is 1.77 bits per heavy atom. The summed E-state index contributed by atoms with van der Waals surface area (Å²) in [7, 11) is 0. The number of aliphatic hydroxyl groups is 2. The Kier molecular flexibility index (Phi) is 8.39. The van der Waals surface area contributed by atoms with Gasteiger partial charge in [-0.05, 0) is 73.3 Å². The number of hydrogen-bond acceptors (Lipinski definition) is 8. The van der Waals surface area contributed by atoms with Crippen molar-refractivity contribution in [2.45, 2.75) is 89.4 Å². The zero-order chi connectivity index (χ0) is 31.2. The minimum absolute atomic E-state index is 0.00274. The van der Waals surface area contributed by atoms with E-state index in [0.29, 0.717) is 24.8 Å². The molecule has 4 N–H and O–H groups in total. The fourth-order valence-corrected chi connectivity index (χ4v) is 8.87. The van der Waals surface area contributed by atoms with Crippen LogP contribution in [0.4, 0.5) is 0 Å². The largest absolute Gasteiger partial charge is 0.479 e. The molecule has 1 aromatic rings. The summed E-state index contributed by atoms with van der Waals surface area (Å²) >= 11 is 0. The highest BCUT2D eigenvalue weighted by molar-refractivity contribution is 5.92. The standard InChI is InChI=1S/C33H41NO9/c1-31-14-12-21(35)16-20(31)8-9-22-23-13-15-33(42,32(23,2)17-24(36)28(22)31)25(37)18-43-27(39)11-10-26(38)34-29(30(40)41)19-6-4-3-5-7-19/h3-7,16,22-24,28-29,36,42H,8-15,17-18H2,1-2H3,(H,34,38)(H,40,41)/t22-,23+,24+,28-,29-,31+,32-,33+/m1/s1. The van der Waals surface area contributed by atoms with E-state index in [4.69, 9.17) is 4.74 Å².